The summed E-state index contributed by atoms with van der Waals surface area (Å²) in [6.07, 6.45) is 1.97. The Morgan fingerprint density at radius 2 is 1.97 bits per heavy atom. The molecule has 0 radical (unpaired) electrons. The van der Waals surface area contributed by atoms with Gasteiger partial charge < -0.3 is 36.8 Å². The lowest BCUT2D eigenvalue weighted by Gasteiger charge is -2.24. The predicted molar refractivity (Wildman–Crippen MR) is 150 cm³/mol. The van der Waals surface area contributed by atoms with Gasteiger partial charge in [-0.3, -0.25) is 4.99 Å². The van der Waals surface area contributed by atoms with Crippen LogP contribution in [-0.4, -0.2) is 46.4 Å². The van der Waals surface area contributed by atoms with Gasteiger partial charge in [0, 0.05) is 11.1 Å². The number of aliphatic imine (C=N–C) groups is 1. The summed E-state index contributed by atoms with van der Waals surface area (Å²) in [6.45, 7) is 5.73. The molecule has 1 aliphatic heterocycles. The summed E-state index contributed by atoms with van der Waals surface area (Å²) in [5.41, 5.74) is 15.9. The van der Waals surface area contributed by atoms with E-state index in [1.807, 2.05) is 18.2 Å². The largest absolute Gasteiger partial charge is 0.474 e. The van der Waals surface area contributed by atoms with Gasteiger partial charge in [-0.15, -0.1) is 0 Å². The van der Waals surface area contributed by atoms with E-state index in [1.54, 1.807) is 25.1 Å². The molecular formula is C28H32N8O2. The summed E-state index contributed by atoms with van der Waals surface area (Å²) >= 11 is 0. The van der Waals surface area contributed by atoms with Crippen molar-refractivity contribution in [3.8, 4) is 5.88 Å². The minimum atomic E-state index is -0.787. The molecule has 5 rings (SSSR count). The number of nitrogens with one attached hydrogen (secondary N) is 3. The summed E-state index contributed by atoms with van der Waals surface area (Å²) < 4.78 is 11.7. The number of amidine groups is 1. The molecule has 2 aromatic heterocycles. The molecule has 1 fully saturated rings. The molecule has 10 heteroatoms. The Bertz CT molecular complexity index is 1550. The SMILES string of the molecule is CC(=N)C(C(=N)c1ccc2oc(N)nc2c1)C(N)=NCc1cc2cccc(C)c2c(OC2CCNCC2)n1. The molecule has 7 N–H and O–H groups in total. The lowest BCUT2D eigenvalue weighted by molar-refractivity contribution is 0.158. The molecule has 38 heavy (non-hydrogen) atoms. The monoisotopic (exact) mass is 512 g/mol. The van der Waals surface area contributed by atoms with E-state index in [0.29, 0.717) is 28.2 Å². The van der Waals surface area contributed by atoms with Crippen LogP contribution in [0.15, 0.2) is 51.9 Å². The molecule has 0 amide bonds. The third-order valence-electron chi connectivity index (χ3n) is 6.81. The smallest absolute Gasteiger partial charge is 0.292 e. The van der Waals surface area contributed by atoms with E-state index in [0.717, 1.165) is 42.3 Å². The third kappa shape index (κ3) is 5.21. The molecule has 1 saturated heterocycles. The van der Waals surface area contributed by atoms with Crippen molar-refractivity contribution in [1.29, 1.82) is 10.8 Å². The molecule has 1 aliphatic rings. The van der Waals surface area contributed by atoms with E-state index in [4.69, 9.17) is 36.4 Å². The summed E-state index contributed by atoms with van der Waals surface area (Å²) in [5.74, 6) is 0.00284. The van der Waals surface area contributed by atoms with Crippen LogP contribution in [-0.2, 0) is 6.54 Å². The standard InChI is InChI=1S/C28H32N8O2/c1-15-4-3-5-17-12-19(35-27(23(15)17)37-20-8-10-33-11-9-20)14-34-26(31)24(16(2)29)25(30)18-6-7-22-21(13-18)36-28(32)38-22/h3-7,12-13,20,24,29-30,33H,8-11,14H2,1-2H3,(H2,31,34)(H2,32,36). The summed E-state index contributed by atoms with van der Waals surface area (Å²) in [4.78, 5) is 13.5. The number of aromatic nitrogens is 2. The molecule has 196 valence electrons. The number of rotatable bonds is 8. The van der Waals surface area contributed by atoms with Gasteiger partial charge in [0.1, 0.15) is 17.5 Å². The number of hydrogen-bond donors (Lipinski definition) is 5. The van der Waals surface area contributed by atoms with Crippen LogP contribution in [0.4, 0.5) is 6.01 Å². The molecule has 2 aromatic carbocycles. The number of nitrogen functional groups attached to an aromatic ring is 1. The third-order valence-corrected chi connectivity index (χ3v) is 6.81. The number of pyridine rings is 1. The van der Waals surface area contributed by atoms with E-state index < -0.39 is 5.92 Å². The van der Waals surface area contributed by atoms with Crippen molar-refractivity contribution in [2.75, 3.05) is 18.8 Å². The number of hydrogen-bond acceptors (Lipinski definition) is 9. The number of aryl methyl sites for hydroxylation is 1. The van der Waals surface area contributed by atoms with Crippen LogP contribution in [0, 0.1) is 23.7 Å². The average Bonchev–Trinajstić information content (AvgIpc) is 3.27. The highest BCUT2D eigenvalue weighted by Gasteiger charge is 2.24. The molecule has 10 nitrogen and oxygen atoms in total. The highest BCUT2D eigenvalue weighted by atomic mass is 16.5. The number of ether oxygens (including phenoxy) is 1. The first-order valence-electron chi connectivity index (χ1n) is 12.7. The fraction of sp³-hybridized carbons (Fsp3) is 0.321. The fourth-order valence-electron chi connectivity index (χ4n) is 4.87. The predicted octanol–water partition coefficient (Wildman–Crippen LogP) is 3.98. The van der Waals surface area contributed by atoms with Gasteiger partial charge in [0.25, 0.3) is 6.01 Å². The van der Waals surface area contributed by atoms with E-state index in [9.17, 15) is 0 Å². The Labute approximate surface area is 220 Å². The van der Waals surface area contributed by atoms with Gasteiger partial charge >= 0.3 is 0 Å². The minimum Gasteiger partial charge on any atom is -0.474 e. The van der Waals surface area contributed by atoms with E-state index >= 15 is 0 Å². The van der Waals surface area contributed by atoms with Crippen molar-refractivity contribution >= 4 is 45.1 Å². The molecule has 0 saturated carbocycles. The topological polar surface area (TPSA) is 172 Å². The lowest BCUT2D eigenvalue weighted by Crippen LogP contribution is -2.36. The maximum atomic E-state index is 8.79. The average molecular weight is 513 g/mol. The Kier molecular flexibility index (Phi) is 7.06. The van der Waals surface area contributed by atoms with E-state index in [1.165, 1.54) is 0 Å². The van der Waals surface area contributed by atoms with Gasteiger partial charge in [0.15, 0.2) is 5.58 Å². The fourth-order valence-corrected chi connectivity index (χ4v) is 4.87. The van der Waals surface area contributed by atoms with Gasteiger partial charge in [-0.1, -0.05) is 18.2 Å². The maximum absolute atomic E-state index is 8.79. The zero-order chi connectivity index (χ0) is 26.8. The second kappa shape index (κ2) is 10.6. The molecule has 3 heterocycles. The first-order chi connectivity index (χ1) is 18.3. The number of nitrogens with zero attached hydrogens (tertiary/aromatic N) is 3. The normalized spacial score (nSPS) is 15.6. The second-order valence-corrected chi connectivity index (χ2v) is 9.66. The van der Waals surface area contributed by atoms with Gasteiger partial charge in [-0.25, -0.2) is 4.98 Å². The Morgan fingerprint density at radius 1 is 1.18 bits per heavy atom. The van der Waals surface area contributed by atoms with Crippen molar-refractivity contribution in [3.05, 3.63) is 59.3 Å². The number of oxazole rings is 1. The zero-order valence-corrected chi connectivity index (χ0v) is 21.5. The Morgan fingerprint density at radius 3 is 2.74 bits per heavy atom. The second-order valence-electron chi connectivity index (χ2n) is 9.66. The van der Waals surface area contributed by atoms with Crippen LogP contribution >= 0.6 is 0 Å². The van der Waals surface area contributed by atoms with Gasteiger partial charge in [-0.05, 0) is 80.6 Å². The summed E-state index contributed by atoms with van der Waals surface area (Å²) in [5, 5.41) is 22.5. The first kappa shape index (κ1) is 25.3. The summed E-state index contributed by atoms with van der Waals surface area (Å²) in [6, 6.07) is 13.3. The first-order valence-corrected chi connectivity index (χ1v) is 12.7. The van der Waals surface area contributed by atoms with Crippen LogP contribution in [0.25, 0.3) is 21.9 Å². The quantitative estimate of drug-likeness (QED) is 0.175. The Hall–Kier alpha value is -4.31. The van der Waals surface area contributed by atoms with Gasteiger partial charge in [0.2, 0.25) is 5.88 Å². The van der Waals surface area contributed by atoms with Crippen LogP contribution in [0.1, 0.15) is 36.6 Å². The molecule has 1 atom stereocenters. The maximum Gasteiger partial charge on any atom is 0.292 e. The van der Waals surface area contributed by atoms with Crippen LogP contribution in [0.2, 0.25) is 0 Å². The van der Waals surface area contributed by atoms with Crippen LogP contribution in [0.5, 0.6) is 5.88 Å². The minimum absolute atomic E-state index is 0.0612. The van der Waals surface area contributed by atoms with Crippen molar-refractivity contribution in [2.45, 2.75) is 39.3 Å². The van der Waals surface area contributed by atoms with Crippen LogP contribution < -0.4 is 21.5 Å². The molecule has 4 aromatic rings. The molecular weight excluding hydrogens is 480 g/mol. The summed E-state index contributed by atoms with van der Waals surface area (Å²) in [7, 11) is 0. The van der Waals surface area contributed by atoms with Crippen molar-refractivity contribution < 1.29 is 9.15 Å². The zero-order valence-electron chi connectivity index (χ0n) is 21.5. The molecule has 0 spiro atoms. The number of nitrogens with two attached hydrogens (primary N) is 2. The van der Waals surface area contributed by atoms with Crippen molar-refractivity contribution in [3.63, 3.8) is 0 Å². The Balaban J connectivity index is 1.42. The number of benzene rings is 2. The van der Waals surface area contributed by atoms with Gasteiger partial charge in [0.05, 0.1) is 23.9 Å². The van der Waals surface area contributed by atoms with Crippen LogP contribution in [0.3, 0.4) is 0 Å². The number of fused-ring (bicyclic) bond motifs is 2. The molecule has 1 unspecified atom stereocenters. The van der Waals surface area contributed by atoms with Gasteiger partial charge in [-0.2, -0.15) is 4.98 Å². The van der Waals surface area contributed by atoms with Crippen molar-refractivity contribution in [2.24, 2.45) is 16.6 Å². The molecule has 0 bridgehead atoms. The number of piperidine rings is 1. The van der Waals surface area contributed by atoms with E-state index in [2.05, 4.69) is 28.3 Å². The highest BCUT2D eigenvalue weighted by molar-refractivity contribution is 6.26. The lowest BCUT2D eigenvalue weighted by atomic mass is 9.91. The van der Waals surface area contributed by atoms with E-state index in [-0.39, 0.29) is 35.9 Å². The van der Waals surface area contributed by atoms with Crippen molar-refractivity contribution in [1.82, 2.24) is 15.3 Å². The highest BCUT2D eigenvalue weighted by Crippen LogP contribution is 2.30. The number of anilines is 1. The molecule has 0 aliphatic carbocycles.